The summed E-state index contributed by atoms with van der Waals surface area (Å²) < 4.78 is 0.663. The second kappa shape index (κ2) is 4.07. The minimum atomic E-state index is -0.911. The van der Waals surface area contributed by atoms with E-state index >= 15 is 0 Å². The number of aliphatic carboxylic acids is 1. The highest BCUT2D eigenvalue weighted by molar-refractivity contribution is 9.10. The fraction of sp³-hybridized carbons (Fsp3) is 0.250. The highest BCUT2D eigenvalue weighted by Gasteiger charge is 2.15. The lowest BCUT2D eigenvalue weighted by Crippen LogP contribution is -2.09. The van der Waals surface area contributed by atoms with Crippen LogP contribution in [0.3, 0.4) is 0 Å². The third-order valence-corrected chi connectivity index (χ3v) is 2.80. The number of hydrogen-bond acceptors (Lipinski definition) is 2. The monoisotopic (exact) mass is 263 g/mol. The largest absolute Gasteiger partial charge is 0.481 e. The van der Waals surface area contributed by atoms with E-state index in [4.69, 9.17) is 16.7 Å². The molecule has 1 aromatic heterocycles. The average molecular weight is 265 g/mol. The summed E-state index contributed by atoms with van der Waals surface area (Å²) >= 11 is 8.89. The zero-order valence-corrected chi connectivity index (χ0v) is 9.13. The van der Waals surface area contributed by atoms with Crippen molar-refractivity contribution in [3.8, 4) is 0 Å². The Balaban J connectivity index is 3.03. The molecule has 1 atom stereocenters. The summed E-state index contributed by atoms with van der Waals surface area (Å²) in [4.78, 5) is 14.5. The molecule has 3 nitrogen and oxygen atoms in total. The Labute approximate surface area is 88.9 Å². The molecule has 0 aliphatic heterocycles. The highest BCUT2D eigenvalue weighted by atomic mass is 79.9. The van der Waals surface area contributed by atoms with E-state index in [0.717, 1.165) is 0 Å². The summed E-state index contributed by atoms with van der Waals surface area (Å²) in [6.07, 6.45) is 0. The van der Waals surface area contributed by atoms with Gasteiger partial charge in [0.2, 0.25) is 0 Å². The first-order valence-electron chi connectivity index (χ1n) is 3.57. The summed E-state index contributed by atoms with van der Waals surface area (Å²) in [6, 6.07) is 3.32. The van der Waals surface area contributed by atoms with Crippen LogP contribution in [0.4, 0.5) is 0 Å². The van der Waals surface area contributed by atoms with Crippen LogP contribution in [0.1, 0.15) is 18.5 Å². The normalized spacial score (nSPS) is 12.5. The zero-order valence-electron chi connectivity index (χ0n) is 6.79. The fourth-order valence-electron chi connectivity index (χ4n) is 0.799. The lowest BCUT2D eigenvalue weighted by molar-refractivity contribution is -0.138. The highest BCUT2D eigenvalue weighted by Crippen LogP contribution is 2.23. The van der Waals surface area contributed by atoms with Gasteiger partial charge in [0.25, 0.3) is 0 Å². The van der Waals surface area contributed by atoms with Gasteiger partial charge >= 0.3 is 5.97 Å². The second-order valence-electron chi connectivity index (χ2n) is 2.57. The Morgan fingerprint density at radius 1 is 1.69 bits per heavy atom. The predicted molar refractivity (Wildman–Crippen MR) is 53.0 cm³/mol. The maximum Gasteiger partial charge on any atom is 0.312 e. The molecule has 0 aliphatic rings. The number of halogens is 2. The van der Waals surface area contributed by atoms with Crippen LogP contribution >= 0.6 is 27.5 Å². The molecule has 0 aliphatic carbocycles. The number of hydrogen-bond donors (Lipinski definition) is 1. The number of carbonyl (C=O) groups is 1. The van der Waals surface area contributed by atoms with Gasteiger partial charge in [-0.1, -0.05) is 11.6 Å². The molecule has 0 fully saturated rings. The Hall–Kier alpha value is -0.610. The molecule has 70 valence electrons. The lowest BCUT2D eigenvalue weighted by Gasteiger charge is -2.05. The van der Waals surface area contributed by atoms with E-state index in [0.29, 0.717) is 10.2 Å². The van der Waals surface area contributed by atoms with Crippen LogP contribution in [-0.2, 0) is 4.79 Å². The molecule has 0 radical (unpaired) electrons. The average Bonchev–Trinajstić information content (AvgIpc) is 2.08. The number of pyridine rings is 1. The van der Waals surface area contributed by atoms with Gasteiger partial charge in [0.1, 0.15) is 5.15 Å². The van der Waals surface area contributed by atoms with Gasteiger partial charge in [0, 0.05) is 0 Å². The smallest absolute Gasteiger partial charge is 0.312 e. The van der Waals surface area contributed by atoms with Crippen molar-refractivity contribution in [1.82, 2.24) is 4.98 Å². The summed E-state index contributed by atoms with van der Waals surface area (Å²) in [5.74, 6) is -1.54. The van der Waals surface area contributed by atoms with E-state index in [9.17, 15) is 4.79 Å². The number of carboxylic acid groups (broad SMARTS) is 1. The molecule has 1 unspecified atom stereocenters. The molecule has 13 heavy (non-hydrogen) atoms. The summed E-state index contributed by atoms with van der Waals surface area (Å²) in [5.41, 5.74) is 0.459. The Bertz CT molecular complexity index is 343. The Kier molecular flexibility index (Phi) is 3.27. The SMILES string of the molecule is CC(C(=O)O)c1ccc(Br)c(Cl)n1. The first-order chi connectivity index (χ1) is 6.02. The minimum Gasteiger partial charge on any atom is -0.481 e. The van der Waals surface area contributed by atoms with Crippen molar-refractivity contribution in [3.05, 3.63) is 27.5 Å². The molecule has 0 spiro atoms. The molecule has 1 aromatic rings. The molecule has 0 bridgehead atoms. The number of rotatable bonds is 2. The van der Waals surface area contributed by atoms with Crippen molar-refractivity contribution in [2.24, 2.45) is 0 Å². The van der Waals surface area contributed by atoms with Crippen LogP contribution < -0.4 is 0 Å². The third kappa shape index (κ3) is 2.42. The van der Waals surface area contributed by atoms with Gasteiger partial charge in [-0.15, -0.1) is 0 Å². The van der Waals surface area contributed by atoms with Crippen molar-refractivity contribution in [3.63, 3.8) is 0 Å². The van der Waals surface area contributed by atoms with Crippen LogP contribution in [0.2, 0.25) is 5.15 Å². The van der Waals surface area contributed by atoms with Gasteiger partial charge in [-0.2, -0.15) is 0 Å². The predicted octanol–water partition coefficient (Wildman–Crippen LogP) is 2.69. The summed E-state index contributed by atoms with van der Waals surface area (Å²) in [5, 5.41) is 8.98. The van der Waals surface area contributed by atoms with E-state index < -0.39 is 11.9 Å². The minimum absolute atomic E-state index is 0.283. The van der Waals surface area contributed by atoms with E-state index in [2.05, 4.69) is 20.9 Å². The molecule has 0 saturated heterocycles. The maximum atomic E-state index is 10.6. The number of carboxylic acids is 1. The first-order valence-corrected chi connectivity index (χ1v) is 4.74. The quantitative estimate of drug-likeness (QED) is 0.836. The van der Waals surface area contributed by atoms with Crippen molar-refractivity contribution >= 4 is 33.5 Å². The van der Waals surface area contributed by atoms with Crippen molar-refractivity contribution in [2.45, 2.75) is 12.8 Å². The van der Waals surface area contributed by atoms with E-state index in [1.807, 2.05) is 0 Å². The maximum absolute atomic E-state index is 10.6. The van der Waals surface area contributed by atoms with Gasteiger partial charge in [-0.25, -0.2) is 4.98 Å². The molecule has 1 N–H and O–H groups in total. The van der Waals surface area contributed by atoms with Gasteiger partial charge in [-0.05, 0) is 35.0 Å². The summed E-state index contributed by atoms with van der Waals surface area (Å²) in [7, 11) is 0. The Morgan fingerprint density at radius 2 is 2.31 bits per heavy atom. The molecule has 0 amide bonds. The number of nitrogens with zero attached hydrogens (tertiary/aromatic N) is 1. The third-order valence-electron chi connectivity index (χ3n) is 1.64. The van der Waals surface area contributed by atoms with Crippen molar-refractivity contribution in [1.29, 1.82) is 0 Å². The molecular weight excluding hydrogens is 257 g/mol. The standard InChI is InChI=1S/C8H7BrClNO2/c1-4(8(12)13)6-3-2-5(9)7(10)11-6/h2-4H,1H3,(H,12,13). The van der Waals surface area contributed by atoms with Gasteiger partial charge < -0.3 is 5.11 Å². The second-order valence-corrected chi connectivity index (χ2v) is 3.78. The number of aromatic nitrogens is 1. The van der Waals surface area contributed by atoms with Gasteiger partial charge in [0.05, 0.1) is 16.1 Å². The van der Waals surface area contributed by atoms with E-state index in [1.165, 1.54) is 0 Å². The van der Waals surface area contributed by atoms with Gasteiger partial charge in [-0.3, -0.25) is 4.79 Å². The van der Waals surface area contributed by atoms with Crippen LogP contribution in [0.25, 0.3) is 0 Å². The molecular formula is C8H7BrClNO2. The first kappa shape index (κ1) is 10.5. The van der Waals surface area contributed by atoms with Crippen LogP contribution in [-0.4, -0.2) is 16.1 Å². The lowest BCUT2D eigenvalue weighted by atomic mass is 10.1. The molecule has 0 aromatic carbocycles. The van der Waals surface area contributed by atoms with Crippen LogP contribution in [0.5, 0.6) is 0 Å². The fourth-order valence-corrected chi connectivity index (χ4v) is 1.18. The molecule has 5 heteroatoms. The topological polar surface area (TPSA) is 50.2 Å². The summed E-state index contributed by atoms with van der Waals surface area (Å²) in [6.45, 7) is 1.56. The Morgan fingerprint density at radius 3 is 2.77 bits per heavy atom. The van der Waals surface area contributed by atoms with Crippen molar-refractivity contribution < 1.29 is 9.90 Å². The van der Waals surface area contributed by atoms with E-state index in [-0.39, 0.29) is 5.15 Å². The molecule has 0 saturated carbocycles. The van der Waals surface area contributed by atoms with E-state index in [1.54, 1.807) is 19.1 Å². The molecule has 1 rings (SSSR count). The van der Waals surface area contributed by atoms with Crippen LogP contribution in [0, 0.1) is 0 Å². The van der Waals surface area contributed by atoms with Crippen LogP contribution in [0.15, 0.2) is 16.6 Å². The molecule has 1 heterocycles. The van der Waals surface area contributed by atoms with Gasteiger partial charge in [0.15, 0.2) is 0 Å². The van der Waals surface area contributed by atoms with Crippen molar-refractivity contribution in [2.75, 3.05) is 0 Å². The zero-order chi connectivity index (χ0) is 10.0.